The Kier molecular flexibility index (Phi) is 5.68. The van der Waals surface area contributed by atoms with Crippen molar-refractivity contribution in [3.63, 3.8) is 0 Å². The molecule has 1 atom stereocenters. The summed E-state index contributed by atoms with van der Waals surface area (Å²) in [4.78, 5) is 11.6. The summed E-state index contributed by atoms with van der Waals surface area (Å²) in [6, 6.07) is 6.98. The Labute approximate surface area is 119 Å². The number of rotatable bonds is 6. The zero-order valence-corrected chi connectivity index (χ0v) is 11.6. The molecule has 0 spiro atoms. The van der Waals surface area contributed by atoms with Gasteiger partial charge >= 0.3 is 0 Å². The van der Waals surface area contributed by atoms with E-state index < -0.39 is 0 Å². The molecule has 1 aliphatic heterocycles. The van der Waals surface area contributed by atoms with E-state index in [2.05, 4.69) is 5.32 Å². The maximum absolute atomic E-state index is 11.6. The predicted molar refractivity (Wildman–Crippen MR) is 77.6 cm³/mol. The van der Waals surface area contributed by atoms with Gasteiger partial charge in [-0.05, 0) is 49.9 Å². The molecule has 3 N–H and O–H groups in total. The number of hydrogen-bond donors (Lipinski definition) is 2. The summed E-state index contributed by atoms with van der Waals surface area (Å²) in [5.41, 5.74) is 6.25. The second-order valence-electron chi connectivity index (χ2n) is 4.98. The van der Waals surface area contributed by atoms with Gasteiger partial charge in [-0.1, -0.05) is 0 Å². The largest absolute Gasteiger partial charge is 0.484 e. The van der Waals surface area contributed by atoms with E-state index in [1.165, 1.54) is 6.42 Å². The summed E-state index contributed by atoms with van der Waals surface area (Å²) in [5.74, 6) is 0.530. The van der Waals surface area contributed by atoms with Crippen LogP contribution in [0.25, 0.3) is 0 Å². The van der Waals surface area contributed by atoms with E-state index in [0.717, 1.165) is 25.9 Å². The smallest absolute Gasteiger partial charge is 0.257 e. The Morgan fingerprint density at radius 3 is 2.85 bits per heavy atom. The first-order valence-electron chi connectivity index (χ1n) is 7.10. The fourth-order valence-corrected chi connectivity index (χ4v) is 2.17. The number of nitrogens with two attached hydrogens (primary N) is 1. The van der Waals surface area contributed by atoms with Crippen molar-refractivity contribution in [1.82, 2.24) is 5.32 Å². The van der Waals surface area contributed by atoms with Crippen LogP contribution in [0.5, 0.6) is 5.75 Å². The Morgan fingerprint density at radius 2 is 2.15 bits per heavy atom. The molecule has 1 aromatic carbocycles. The number of carbonyl (C=O) groups is 1. The van der Waals surface area contributed by atoms with Gasteiger partial charge in [0.2, 0.25) is 0 Å². The van der Waals surface area contributed by atoms with Crippen LogP contribution in [0.2, 0.25) is 0 Å². The summed E-state index contributed by atoms with van der Waals surface area (Å²) in [6.45, 7) is 1.50. The number of anilines is 1. The fourth-order valence-electron chi connectivity index (χ4n) is 2.17. The van der Waals surface area contributed by atoms with Crippen LogP contribution in [0.15, 0.2) is 24.3 Å². The van der Waals surface area contributed by atoms with Gasteiger partial charge in [0.1, 0.15) is 5.75 Å². The van der Waals surface area contributed by atoms with E-state index >= 15 is 0 Å². The number of hydrogen-bond acceptors (Lipinski definition) is 4. The Morgan fingerprint density at radius 1 is 1.35 bits per heavy atom. The van der Waals surface area contributed by atoms with Crippen molar-refractivity contribution in [3.05, 3.63) is 24.3 Å². The molecule has 0 aromatic heterocycles. The van der Waals surface area contributed by atoms with Crippen LogP contribution in [0.1, 0.15) is 25.7 Å². The van der Waals surface area contributed by atoms with Crippen molar-refractivity contribution < 1.29 is 14.3 Å². The van der Waals surface area contributed by atoms with Crippen LogP contribution in [0, 0.1) is 0 Å². The molecule has 2 rings (SSSR count). The van der Waals surface area contributed by atoms with Crippen molar-refractivity contribution >= 4 is 11.6 Å². The molecule has 5 nitrogen and oxygen atoms in total. The number of nitrogens with one attached hydrogen (secondary N) is 1. The highest BCUT2D eigenvalue weighted by atomic mass is 16.5. The first-order valence-corrected chi connectivity index (χ1v) is 7.10. The van der Waals surface area contributed by atoms with Gasteiger partial charge in [-0.3, -0.25) is 4.79 Å². The lowest BCUT2D eigenvalue weighted by Gasteiger charge is -2.22. The maximum Gasteiger partial charge on any atom is 0.257 e. The fraction of sp³-hybridized carbons (Fsp3) is 0.533. The lowest BCUT2D eigenvalue weighted by atomic mass is 10.1. The average Bonchev–Trinajstić information content (AvgIpc) is 2.48. The van der Waals surface area contributed by atoms with Crippen LogP contribution >= 0.6 is 0 Å². The number of ether oxygens (including phenoxy) is 2. The van der Waals surface area contributed by atoms with E-state index in [-0.39, 0.29) is 12.5 Å². The second-order valence-corrected chi connectivity index (χ2v) is 4.98. The molecule has 1 aliphatic rings. The van der Waals surface area contributed by atoms with Crippen LogP contribution in [0.4, 0.5) is 5.69 Å². The molecule has 5 heteroatoms. The Balaban J connectivity index is 1.59. The Bertz CT molecular complexity index is 414. The number of carbonyl (C=O) groups excluding carboxylic acids is 1. The molecule has 1 unspecified atom stereocenters. The molecule has 110 valence electrons. The van der Waals surface area contributed by atoms with Gasteiger partial charge in [0, 0.05) is 18.8 Å². The lowest BCUT2D eigenvalue weighted by Crippen LogP contribution is -2.32. The monoisotopic (exact) mass is 278 g/mol. The van der Waals surface area contributed by atoms with E-state index in [1.54, 1.807) is 24.3 Å². The standard InChI is InChI=1S/C15H22N2O3/c16-12-4-6-14(7-5-12)20-11-15(18)17-9-8-13-3-1-2-10-19-13/h4-7,13H,1-3,8-11,16H2,(H,17,18). The number of benzene rings is 1. The molecule has 1 aromatic rings. The molecular weight excluding hydrogens is 256 g/mol. The van der Waals surface area contributed by atoms with Gasteiger partial charge in [-0.2, -0.15) is 0 Å². The second kappa shape index (κ2) is 7.75. The quantitative estimate of drug-likeness (QED) is 0.777. The zero-order chi connectivity index (χ0) is 14.2. The first kappa shape index (κ1) is 14.7. The van der Waals surface area contributed by atoms with Crippen LogP contribution < -0.4 is 15.8 Å². The van der Waals surface area contributed by atoms with Crippen molar-refractivity contribution in [2.24, 2.45) is 0 Å². The average molecular weight is 278 g/mol. The summed E-state index contributed by atoms with van der Waals surface area (Å²) in [6.07, 6.45) is 4.63. The van der Waals surface area contributed by atoms with Gasteiger partial charge in [0.25, 0.3) is 5.91 Å². The molecule has 0 bridgehead atoms. The first-order chi connectivity index (χ1) is 9.74. The maximum atomic E-state index is 11.6. The highest BCUT2D eigenvalue weighted by Crippen LogP contribution is 2.15. The SMILES string of the molecule is Nc1ccc(OCC(=O)NCCC2CCCCO2)cc1. The normalized spacial score (nSPS) is 18.5. The number of amides is 1. The third-order valence-electron chi connectivity index (χ3n) is 3.31. The molecular formula is C15H22N2O3. The Hall–Kier alpha value is -1.75. The summed E-state index contributed by atoms with van der Waals surface area (Å²) in [7, 11) is 0. The van der Waals surface area contributed by atoms with Gasteiger partial charge in [-0.25, -0.2) is 0 Å². The molecule has 1 heterocycles. The van der Waals surface area contributed by atoms with Crippen molar-refractivity contribution in [3.8, 4) is 5.75 Å². The molecule has 20 heavy (non-hydrogen) atoms. The van der Waals surface area contributed by atoms with Crippen LogP contribution in [-0.2, 0) is 9.53 Å². The van der Waals surface area contributed by atoms with Crippen molar-refractivity contribution in [1.29, 1.82) is 0 Å². The molecule has 0 saturated carbocycles. The van der Waals surface area contributed by atoms with Crippen molar-refractivity contribution in [2.75, 3.05) is 25.5 Å². The van der Waals surface area contributed by atoms with Gasteiger partial charge in [0.05, 0.1) is 6.10 Å². The molecule has 1 saturated heterocycles. The minimum atomic E-state index is -0.113. The third-order valence-corrected chi connectivity index (χ3v) is 3.31. The van der Waals surface area contributed by atoms with E-state index in [4.69, 9.17) is 15.2 Å². The van der Waals surface area contributed by atoms with E-state index in [1.807, 2.05) is 0 Å². The lowest BCUT2D eigenvalue weighted by molar-refractivity contribution is -0.123. The van der Waals surface area contributed by atoms with Gasteiger partial charge in [-0.15, -0.1) is 0 Å². The molecule has 0 aliphatic carbocycles. The summed E-state index contributed by atoms with van der Waals surface area (Å²) < 4.78 is 11.0. The zero-order valence-electron chi connectivity index (χ0n) is 11.6. The van der Waals surface area contributed by atoms with Crippen LogP contribution in [0.3, 0.4) is 0 Å². The van der Waals surface area contributed by atoms with Crippen molar-refractivity contribution in [2.45, 2.75) is 31.8 Å². The topological polar surface area (TPSA) is 73.6 Å². The minimum absolute atomic E-state index is 0.0233. The third kappa shape index (κ3) is 5.09. The summed E-state index contributed by atoms with van der Waals surface area (Å²) in [5, 5.41) is 2.84. The highest BCUT2D eigenvalue weighted by molar-refractivity contribution is 5.77. The minimum Gasteiger partial charge on any atom is -0.484 e. The molecule has 1 amide bonds. The summed E-state index contributed by atoms with van der Waals surface area (Å²) >= 11 is 0. The highest BCUT2D eigenvalue weighted by Gasteiger charge is 2.13. The van der Waals surface area contributed by atoms with E-state index in [0.29, 0.717) is 24.1 Å². The van der Waals surface area contributed by atoms with Crippen LogP contribution in [-0.4, -0.2) is 31.8 Å². The van der Waals surface area contributed by atoms with E-state index in [9.17, 15) is 4.79 Å². The van der Waals surface area contributed by atoms with Gasteiger partial charge in [0.15, 0.2) is 6.61 Å². The molecule has 1 fully saturated rings. The van der Waals surface area contributed by atoms with Gasteiger partial charge < -0.3 is 20.5 Å². The molecule has 0 radical (unpaired) electrons. The predicted octanol–water partition coefficient (Wildman–Crippen LogP) is 1.72. The number of nitrogen functional groups attached to an aromatic ring is 1.